The van der Waals surface area contributed by atoms with Gasteiger partial charge >= 0.3 is 0 Å². The lowest BCUT2D eigenvalue weighted by molar-refractivity contribution is -0.129. The number of nitrogens with zero attached hydrogens (tertiary/aromatic N) is 1. The first-order chi connectivity index (χ1) is 9.04. The van der Waals surface area contributed by atoms with Crippen molar-refractivity contribution in [1.82, 2.24) is 4.90 Å². The molecular formula is C14H16N2O2S. The minimum Gasteiger partial charge on any atom is -0.325 e. The molecule has 0 saturated carbocycles. The number of benzene rings is 1. The Morgan fingerprint density at radius 1 is 1.32 bits per heavy atom. The van der Waals surface area contributed by atoms with Crippen LogP contribution in [0, 0.1) is 13.8 Å². The first kappa shape index (κ1) is 13.7. The molecule has 0 spiro atoms. The molecule has 0 atom stereocenters. The van der Waals surface area contributed by atoms with Crippen LogP contribution < -0.4 is 5.32 Å². The van der Waals surface area contributed by atoms with Crippen LogP contribution in [0.5, 0.6) is 0 Å². The van der Waals surface area contributed by atoms with Gasteiger partial charge in [-0.25, -0.2) is 0 Å². The van der Waals surface area contributed by atoms with E-state index >= 15 is 0 Å². The van der Waals surface area contributed by atoms with Gasteiger partial charge in [0.05, 0.1) is 5.75 Å². The maximum atomic E-state index is 11.9. The highest BCUT2D eigenvalue weighted by Crippen LogP contribution is 2.15. The van der Waals surface area contributed by atoms with Gasteiger partial charge in [0.2, 0.25) is 11.8 Å². The standard InChI is InChI=1S/C14H16N2O2S/c1-10-5-11(2)7-12(6-10)15-13(17)8-16-3-4-19-9-14(16)18/h3-7H,8-9H2,1-2H3,(H,15,17). The van der Waals surface area contributed by atoms with Crippen molar-refractivity contribution >= 4 is 29.3 Å². The van der Waals surface area contributed by atoms with Gasteiger partial charge in [0, 0.05) is 11.9 Å². The molecule has 1 N–H and O–H groups in total. The fourth-order valence-electron chi connectivity index (χ4n) is 1.94. The number of carbonyl (C=O) groups excluding carboxylic acids is 2. The Labute approximate surface area is 116 Å². The van der Waals surface area contributed by atoms with Gasteiger partial charge in [-0.15, -0.1) is 11.8 Å². The van der Waals surface area contributed by atoms with Crippen LogP contribution >= 0.6 is 11.8 Å². The molecular weight excluding hydrogens is 260 g/mol. The summed E-state index contributed by atoms with van der Waals surface area (Å²) in [6.45, 7) is 4.02. The Hall–Kier alpha value is -1.75. The van der Waals surface area contributed by atoms with Crippen molar-refractivity contribution in [3.63, 3.8) is 0 Å². The molecule has 19 heavy (non-hydrogen) atoms. The molecule has 1 aliphatic heterocycles. The van der Waals surface area contributed by atoms with Gasteiger partial charge in [0.25, 0.3) is 0 Å². The number of aryl methyl sites for hydroxylation is 2. The SMILES string of the molecule is Cc1cc(C)cc(NC(=O)CN2C=CSCC2=O)c1. The second-order valence-electron chi connectivity index (χ2n) is 4.54. The second-order valence-corrected chi connectivity index (χ2v) is 5.44. The summed E-state index contributed by atoms with van der Waals surface area (Å²) in [6.07, 6.45) is 1.65. The zero-order valence-corrected chi connectivity index (χ0v) is 11.8. The summed E-state index contributed by atoms with van der Waals surface area (Å²) in [5, 5.41) is 4.64. The molecule has 2 rings (SSSR count). The van der Waals surface area contributed by atoms with E-state index in [0.717, 1.165) is 16.8 Å². The molecule has 0 unspecified atom stereocenters. The summed E-state index contributed by atoms with van der Waals surface area (Å²) in [5.41, 5.74) is 2.96. The lowest BCUT2D eigenvalue weighted by Crippen LogP contribution is -2.36. The molecule has 1 aromatic carbocycles. The Morgan fingerprint density at radius 3 is 2.63 bits per heavy atom. The third-order valence-electron chi connectivity index (χ3n) is 2.68. The molecule has 100 valence electrons. The van der Waals surface area contributed by atoms with Crippen molar-refractivity contribution in [3.05, 3.63) is 40.9 Å². The molecule has 0 bridgehead atoms. The number of nitrogens with one attached hydrogen (secondary N) is 1. The van der Waals surface area contributed by atoms with Crippen LogP contribution in [0.1, 0.15) is 11.1 Å². The van der Waals surface area contributed by atoms with Crippen molar-refractivity contribution < 1.29 is 9.59 Å². The summed E-state index contributed by atoms with van der Waals surface area (Å²) in [4.78, 5) is 24.9. The summed E-state index contributed by atoms with van der Waals surface area (Å²) in [6, 6.07) is 5.87. The lowest BCUT2D eigenvalue weighted by Gasteiger charge is -2.20. The van der Waals surface area contributed by atoms with E-state index in [1.807, 2.05) is 37.5 Å². The number of rotatable bonds is 3. The zero-order valence-electron chi connectivity index (χ0n) is 11.0. The van der Waals surface area contributed by atoms with Gasteiger partial charge in [0.15, 0.2) is 0 Å². The monoisotopic (exact) mass is 276 g/mol. The van der Waals surface area contributed by atoms with Gasteiger partial charge in [-0.2, -0.15) is 0 Å². The molecule has 0 aromatic heterocycles. The Bertz CT molecular complexity index is 520. The van der Waals surface area contributed by atoms with E-state index in [9.17, 15) is 9.59 Å². The van der Waals surface area contributed by atoms with Crippen LogP contribution in [0.25, 0.3) is 0 Å². The molecule has 1 aliphatic rings. The lowest BCUT2D eigenvalue weighted by atomic mass is 10.1. The third kappa shape index (κ3) is 3.86. The molecule has 2 amide bonds. The van der Waals surface area contributed by atoms with Crippen molar-refractivity contribution in [3.8, 4) is 0 Å². The fourth-order valence-corrected chi connectivity index (χ4v) is 2.58. The maximum Gasteiger partial charge on any atom is 0.244 e. The largest absolute Gasteiger partial charge is 0.325 e. The average Bonchev–Trinajstić information content (AvgIpc) is 2.30. The molecule has 0 saturated heterocycles. The third-order valence-corrected chi connectivity index (χ3v) is 3.41. The van der Waals surface area contributed by atoms with Gasteiger partial charge in [-0.1, -0.05) is 6.07 Å². The van der Waals surface area contributed by atoms with Crippen LogP contribution in [0.3, 0.4) is 0 Å². The van der Waals surface area contributed by atoms with Crippen LogP contribution in [0.4, 0.5) is 5.69 Å². The van der Waals surface area contributed by atoms with Crippen LogP contribution in [-0.4, -0.2) is 29.0 Å². The van der Waals surface area contributed by atoms with Gasteiger partial charge < -0.3 is 10.2 Å². The summed E-state index contributed by atoms with van der Waals surface area (Å²) in [7, 11) is 0. The van der Waals surface area contributed by atoms with E-state index in [1.54, 1.807) is 6.20 Å². The predicted molar refractivity (Wildman–Crippen MR) is 77.9 cm³/mol. The van der Waals surface area contributed by atoms with Crippen molar-refractivity contribution in [2.75, 3.05) is 17.6 Å². The second kappa shape index (κ2) is 5.93. The van der Waals surface area contributed by atoms with E-state index in [2.05, 4.69) is 5.32 Å². The van der Waals surface area contributed by atoms with Crippen molar-refractivity contribution in [1.29, 1.82) is 0 Å². The Morgan fingerprint density at radius 2 is 2.00 bits per heavy atom. The number of hydrogen-bond donors (Lipinski definition) is 1. The zero-order chi connectivity index (χ0) is 13.8. The van der Waals surface area contributed by atoms with Crippen LogP contribution in [-0.2, 0) is 9.59 Å². The molecule has 1 aromatic rings. The molecule has 4 nitrogen and oxygen atoms in total. The minimum absolute atomic E-state index is 0.0388. The van der Waals surface area contributed by atoms with Crippen molar-refractivity contribution in [2.24, 2.45) is 0 Å². The first-order valence-corrected chi connectivity index (χ1v) is 7.05. The summed E-state index contributed by atoms with van der Waals surface area (Å²) in [5.74, 6) is 0.172. The van der Waals surface area contributed by atoms with Gasteiger partial charge in [-0.3, -0.25) is 9.59 Å². The highest BCUT2D eigenvalue weighted by molar-refractivity contribution is 8.02. The average molecular weight is 276 g/mol. The number of amides is 2. The van der Waals surface area contributed by atoms with E-state index < -0.39 is 0 Å². The number of thioether (sulfide) groups is 1. The molecule has 1 heterocycles. The van der Waals surface area contributed by atoms with Gasteiger partial charge in [-0.05, 0) is 42.5 Å². The van der Waals surface area contributed by atoms with Crippen LogP contribution in [0.15, 0.2) is 29.8 Å². The fraction of sp³-hybridized carbons (Fsp3) is 0.286. The number of carbonyl (C=O) groups is 2. The number of anilines is 1. The van der Waals surface area contributed by atoms with E-state index in [0.29, 0.717) is 5.75 Å². The normalized spacial score (nSPS) is 14.6. The summed E-state index contributed by atoms with van der Waals surface area (Å²) >= 11 is 1.44. The Balaban J connectivity index is 1.99. The maximum absolute atomic E-state index is 11.9. The quantitative estimate of drug-likeness (QED) is 0.921. The van der Waals surface area contributed by atoms with E-state index in [4.69, 9.17) is 0 Å². The highest BCUT2D eigenvalue weighted by Gasteiger charge is 2.17. The Kier molecular flexibility index (Phi) is 4.27. The molecule has 0 radical (unpaired) electrons. The number of hydrogen-bond acceptors (Lipinski definition) is 3. The molecule has 5 heteroatoms. The predicted octanol–water partition coefficient (Wildman–Crippen LogP) is 2.29. The van der Waals surface area contributed by atoms with Crippen LogP contribution in [0.2, 0.25) is 0 Å². The highest BCUT2D eigenvalue weighted by atomic mass is 32.2. The van der Waals surface area contributed by atoms with Gasteiger partial charge in [0.1, 0.15) is 6.54 Å². The van der Waals surface area contributed by atoms with Crippen molar-refractivity contribution in [2.45, 2.75) is 13.8 Å². The van der Waals surface area contributed by atoms with E-state index in [-0.39, 0.29) is 18.4 Å². The topological polar surface area (TPSA) is 49.4 Å². The smallest absolute Gasteiger partial charge is 0.244 e. The summed E-state index contributed by atoms with van der Waals surface area (Å²) < 4.78 is 0. The first-order valence-electron chi connectivity index (χ1n) is 6.00. The minimum atomic E-state index is -0.185. The molecule has 0 fully saturated rings. The molecule has 0 aliphatic carbocycles. The van der Waals surface area contributed by atoms with E-state index in [1.165, 1.54) is 16.7 Å².